The number of hydrogen-bond acceptors (Lipinski definition) is 2. The van der Waals surface area contributed by atoms with Crippen LogP contribution in [0.5, 0.6) is 0 Å². The van der Waals surface area contributed by atoms with Crippen LogP contribution in [-0.2, 0) is 10.2 Å². The molecule has 0 aliphatic heterocycles. The van der Waals surface area contributed by atoms with Gasteiger partial charge in [0.05, 0.1) is 5.41 Å². The van der Waals surface area contributed by atoms with Crippen LogP contribution in [0.3, 0.4) is 0 Å². The van der Waals surface area contributed by atoms with Gasteiger partial charge < -0.3 is 10.6 Å². The van der Waals surface area contributed by atoms with Crippen molar-refractivity contribution in [2.45, 2.75) is 33.1 Å². The predicted molar refractivity (Wildman–Crippen MR) is 87.2 cm³/mol. The van der Waals surface area contributed by atoms with Crippen LogP contribution in [-0.4, -0.2) is 30.9 Å². The van der Waals surface area contributed by atoms with Gasteiger partial charge in [0.2, 0.25) is 5.91 Å². The molecular formula is C16H27ClN2O. The molecule has 1 aromatic rings. The minimum atomic E-state index is -0.513. The van der Waals surface area contributed by atoms with Gasteiger partial charge in [-0.25, -0.2) is 0 Å². The number of nitrogens with two attached hydrogens (primary N) is 1. The van der Waals surface area contributed by atoms with E-state index < -0.39 is 5.41 Å². The van der Waals surface area contributed by atoms with Crippen molar-refractivity contribution in [2.24, 2.45) is 11.1 Å². The predicted octanol–water partition coefficient (Wildman–Crippen LogP) is 2.83. The average Bonchev–Trinajstić information content (AvgIpc) is 2.38. The Morgan fingerprint density at radius 1 is 1.15 bits per heavy atom. The first-order valence-electron chi connectivity index (χ1n) is 6.72. The summed E-state index contributed by atoms with van der Waals surface area (Å²) in [5.41, 5.74) is 6.20. The first kappa shape index (κ1) is 18.9. The van der Waals surface area contributed by atoms with E-state index in [9.17, 15) is 4.79 Å². The Morgan fingerprint density at radius 3 is 2.10 bits per heavy atom. The van der Waals surface area contributed by atoms with Crippen molar-refractivity contribution in [1.29, 1.82) is 0 Å². The second-order valence-corrected chi connectivity index (χ2v) is 6.52. The van der Waals surface area contributed by atoms with Gasteiger partial charge in [-0.2, -0.15) is 0 Å². The van der Waals surface area contributed by atoms with Gasteiger partial charge in [-0.15, -0.1) is 12.4 Å². The molecule has 0 fully saturated rings. The van der Waals surface area contributed by atoms with Gasteiger partial charge in [-0.3, -0.25) is 4.79 Å². The summed E-state index contributed by atoms with van der Waals surface area (Å²) in [6.07, 6.45) is 0. The fourth-order valence-corrected chi connectivity index (χ4v) is 2.23. The quantitative estimate of drug-likeness (QED) is 0.908. The van der Waals surface area contributed by atoms with Gasteiger partial charge in [0.15, 0.2) is 0 Å². The van der Waals surface area contributed by atoms with Crippen LogP contribution in [0.1, 0.15) is 33.3 Å². The highest BCUT2D eigenvalue weighted by atomic mass is 35.5. The molecule has 3 nitrogen and oxygen atoms in total. The van der Waals surface area contributed by atoms with Crippen molar-refractivity contribution in [1.82, 2.24) is 4.90 Å². The number of benzene rings is 1. The highest BCUT2D eigenvalue weighted by Crippen LogP contribution is 2.26. The van der Waals surface area contributed by atoms with E-state index in [4.69, 9.17) is 5.73 Å². The molecule has 20 heavy (non-hydrogen) atoms. The van der Waals surface area contributed by atoms with Gasteiger partial charge in [0.1, 0.15) is 0 Å². The Balaban J connectivity index is 0.00000361. The first-order valence-corrected chi connectivity index (χ1v) is 6.72. The molecule has 0 aromatic heterocycles. The summed E-state index contributed by atoms with van der Waals surface area (Å²) < 4.78 is 0. The number of carbonyl (C=O) groups excluding carboxylic acids is 1. The molecule has 1 rings (SSSR count). The molecule has 0 aliphatic carbocycles. The topological polar surface area (TPSA) is 46.3 Å². The lowest BCUT2D eigenvalue weighted by atomic mass is 9.82. The number of likely N-dealkylation sites (N-methyl/N-ethyl adjacent to an activating group) is 1. The van der Waals surface area contributed by atoms with Crippen LogP contribution in [0.25, 0.3) is 0 Å². The molecule has 4 heteroatoms. The fraction of sp³-hybridized carbons (Fsp3) is 0.562. The third-order valence-corrected chi connectivity index (χ3v) is 3.59. The second kappa shape index (κ2) is 7.09. The molecule has 2 N–H and O–H groups in total. The lowest BCUT2D eigenvalue weighted by Gasteiger charge is -2.34. The van der Waals surface area contributed by atoms with Gasteiger partial charge in [0, 0.05) is 13.6 Å². The fourth-order valence-electron chi connectivity index (χ4n) is 2.23. The van der Waals surface area contributed by atoms with Crippen LogP contribution in [0.15, 0.2) is 30.3 Å². The van der Waals surface area contributed by atoms with Crippen molar-refractivity contribution in [3.63, 3.8) is 0 Å². The molecule has 0 spiro atoms. The highest BCUT2D eigenvalue weighted by molar-refractivity contribution is 5.87. The summed E-state index contributed by atoms with van der Waals surface area (Å²) in [6.45, 7) is 9.32. The van der Waals surface area contributed by atoms with E-state index in [1.807, 2.05) is 51.2 Å². The van der Waals surface area contributed by atoms with Gasteiger partial charge in [-0.1, -0.05) is 44.2 Å². The van der Waals surface area contributed by atoms with Crippen LogP contribution < -0.4 is 5.73 Å². The Labute approximate surface area is 128 Å². The molecular weight excluding hydrogens is 272 g/mol. The summed E-state index contributed by atoms with van der Waals surface area (Å²) >= 11 is 0. The highest BCUT2D eigenvalue weighted by Gasteiger charge is 2.33. The standard InChI is InChI=1S/C16H26N2O.ClH/c1-15(2,11-17)12-18(5)14(19)16(3,4)13-9-7-6-8-10-13;/h6-10H,11-12,17H2,1-5H3;1H. The molecule has 0 aliphatic rings. The molecule has 1 amide bonds. The third kappa shape index (κ3) is 4.50. The summed E-state index contributed by atoms with van der Waals surface area (Å²) in [5, 5.41) is 0. The lowest BCUT2D eigenvalue weighted by Crippen LogP contribution is -2.46. The molecule has 114 valence electrons. The number of rotatable bonds is 5. The van der Waals surface area contributed by atoms with E-state index in [2.05, 4.69) is 13.8 Å². The Bertz CT molecular complexity index is 429. The minimum Gasteiger partial charge on any atom is -0.344 e. The average molecular weight is 299 g/mol. The molecule has 0 radical (unpaired) electrons. The van der Waals surface area contributed by atoms with E-state index >= 15 is 0 Å². The van der Waals surface area contributed by atoms with Gasteiger partial charge in [-0.05, 0) is 31.4 Å². The van der Waals surface area contributed by atoms with Gasteiger partial charge in [0.25, 0.3) is 0 Å². The number of carbonyl (C=O) groups is 1. The summed E-state index contributed by atoms with van der Waals surface area (Å²) in [6, 6.07) is 9.90. The molecule has 0 bridgehead atoms. The maximum atomic E-state index is 12.6. The van der Waals surface area contributed by atoms with E-state index in [1.54, 1.807) is 4.90 Å². The maximum Gasteiger partial charge on any atom is 0.232 e. The van der Waals surface area contributed by atoms with Crippen molar-refractivity contribution >= 4 is 18.3 Å². The molecule has 0 heterocycles. The SMILES string of the molecule is CN(CC(C)(C)CN)C(=O)C(C)(C)c1ccccc1.Cl. The zero-order valence-electron chi connectivity index (χ0n) is 13.1. The second-order valence-electron chi connectivity index (χ2n) is 6.52. The number of hydrogen-bond donors (Lipinski definition) is 1. The van der Waals surface area contributed by atoms with Crippen LogP contribution >= 0.6 is 12.4 Å². The van der Waals surface area contributed by atoms with E-state index in [0.717, 1.165) is 5.56 Å². The lowest BCUT2D eigenvalue weighted by molar-refractivity contribution is -0.136. The van der Waals surface area contributed by atoms with Gasteiger partial charge >= 0.3 is 0 Å². The van der Waals surface area contributed by atoms with Crippen LogP contribution in [0, 0.1) is 5.41 Å². The smallest absolute Gasteiger partial charge is 0.232 e. The Kier molecular flexibility index (Phi) is 6.72. The summed E-state index contributed by atoms with van der Waals surface area (Å²) in [7, 11) is 1.85. The van der Waals surface area contributed by atoms with Crippen molar-refractivity contribution in [3.8, 4) is 0 Å². The number of halogens is 1. The van der Waals surface area contributed by atoms with Crippen LogP contribution in [0.2, 0.25) is 0 Å². The minimum absolute atomic E-state index is 0. The zero-order valence-corrected chi connectivity index (χ0v) is 14.0. The Morgan fingerprint density at radius 2 is 1.65 bits per heavy atom. The van der Waals surface area contributed by atoms with Crippen LogP contribution in [0.4, 0.5) is 0 Å². The zero-order chi connectivity index (χ0) is 14.7. The van der Waals surface area contributed by atoms with Crippen molar-refractivity contribution < 1.29 is 4.79 Å². The summed E-state index contributed by atoms with van der Waals surface area (Å²) in [4.78, 5) is 14.4. The molecule has 1 aromatic carbocycles. The monoisotopic (exact) mass is 298 g/mol. The maximum absolute atomic E-state index is 12.6. The molecule has 0 atom stereocenters. The third-order valence-electron chi connectivity index (χ3n) is 3.59. The molecule has 0 saturated heterocycles. The van der Waals surface area contributed by atoms with Crippen molar-refractivity contribution in [2.75, 3.05) is 20.1 Å². The first-order chi connectivity index (χ1) is 8.70. The molecule has 0 unspecified atom stereocenters. The normalized spacial score (nSPS) is 11.7. The summed E-state index contributed by atoms with van der Waals surface area (Å²) in [5.74, 6) is 0.125. The van der Waals surface area contributed by atoms with E-state index in [-0.39, 0.29) is 23.7 Å². The molecule has 0 saturated carbocycles. The Hall–Kier alpha value is -1.06. The number of nitrogens with zero attached hydrogens (tertiary/aromatic N) is 1. The van der Waals surface area contributed by atoms with E-state index in [0.29, 0.717) is 13.1 Å². The largest absolute Gasteiger partial charge is 0.344 e. The number of amides is 1. The van der Waals surface area contributed by atoms with E-state index in [1.165, 1.54) is 0 Å². The van der Waals surface area contributed by atoms with Crippen molar-refractivity contribution in [3.05, 3.63) is 35.9 Å².